The third-order valence-corrected chi connectivity index (χ3v) is 13.1. The summed E-state index contributed by atoms with van der Waals surface area (Å²) in [5.41, 5.74) is 0. The molecule has 3 aliphatic carbocycles. The summed E-state index contributed by atoms with van der Waals surface area (Å²) in [6.07, 6.45) is 1.82. The molecule has 10 nitrogen and oxygen atoms in total. The molecule has 3 aliphatic rings. The standard InChI is InChI=1S/C26H38F4O10S2/c27-25(28,23(32)39-19-12-6-2-7-13-19)41(34,35)22(17-16-21(31)38-18-10-4-1-5-11-18)42(36,37)26(29,30)24(33)40-20-14-8-3-9-15-20/h18-20,22H,1-17H2. The van der Waals surface area contributed by atoms with E-state index in [1.54, 1.807) is 0 Å². The van der Waals surface area contributed by atoms with Gasteiger partial charge in [0.2, 0.25) is 19.7 Å². The van der Waals surface area contributed by atoms with Crippen molar-refractivity contribution >= 4 is 37.6 Å². The van der Waals surface area contributed by atoms with Gasteiger partial charge in [0.1, 0.15) is 18.3 Å². The Bertz CT molecular complexity index is 1100. The number of carbonyl (C=O) groups excluding carboxylic acids is 3. The minimum atomic E-state index is -6.68. The maximum Gasteiger partial charge on any atom is 0.441 e. The Morgan fingerprint density at radius 1 is 0.571 bits per heavy atom. The van der Waals surface area contributed by atoms with Crippen molar-refractivity contribution in [2.24, 2.45) is 0 Å². The van der Waals surface area contributed by atoms with E-state index < -0.39 is 83.8 Å². The Kier molecular flexibility index (Phi) is 11.7. The van der Waals surface area contributed by atoms with Gasteiger partial charge in [-0.1, -0.05) is 19.3 Å². The highest BCUT2D eigenvalue weighted by atomic mass is 32.3. The third-order valence-electron chi connectivity index (χ3n) is 7.97. The molecule has 0 N–H and O–H groups in total. The Labute approximate surface area is 243 Å². The maximum atomic E-state index is 15.2. The largest absolute Gasteiger partial charge is 0.462 e. The van der Waals surface area contributed by atoms with Crippen LogP contribution in [-0.4, -0.2) is 68.1 Å². The summed E-state index contributed by atoms with van der Waals surface area (Å²) in [7, 11) is -13.4. The van der Waals surface area contributed by atoms with Crippen LogP contribution in [0, 0.1) is 0 Å². The minimum absolute atomic E-state index is 0.154. The average Bonchev–Trinajstić information content (AvgIpc) is 2.94. The van der Waals surface area contributed by atoms with Crippen molar-refractivity contribution in [3.8, 4) is 0 Å². The minimum Gasteiger partial charge on any atom is -0.462 e. The molecule has 0 aromatic heterocycles. The fraction of sp³-hybridized carbons (Fsp3) is 0.885. The molecule has 0 bridgehead atoms. The molecule has 3 rings (SSSR count). The molecule has 0 spiro atoms. The van der Waals surface area contributed by atoms with Gasteiger partial charge in [-0.25, -0.2) is 26.4 Å². The summed E-state index contributed by atoms with van der Waals surface area (Å²) >= 11 is 0. The van der Waals surface area contributed by atoms with Gasteiger partial charge in [-0.15, -0.1) is 0 Å². The quantitative estimate of drug-likeness (QED) is 0.165. The van der Waals surface area contributed by atoms with Crippen molar-refractivity contribution in [3.63, 3.8) is 0 Å². The second-order valence-corrected chi connectivity index (χ2v) is 15.8. The number of esters is 3. The topological polar surface area (TPSA) is 147 Å². The van der Waals surface area contributed by atoms with Gasteiger partial charge in [0.25, 0.3) is 0 Å². The number of alkyl halides is 4. The highest BCUT2D eigenvalue weighted by Crippen LogP contribution is 2.40. The van der Waals surface area contributed by atoms with Gasteiger partial charge < -0.3 is 14.2 Å². The molecular weight excluding hydrogens is 612 g/mol. The molecule has 42 heavy (non-hydrogen) atoms. The number of hydrogen-bond donors (Lipinski definition) is 0. The van der Waals surface area contributed by atoms with Gasteiger partial charge in [-0.3, -0.25) is 4.79 Å². The van der Waals surface area contributed by atoms with Crippen LogP contribution in [0.3, 0.4) is 0 Å². The summed E-state index contributed by atoms with van der Waals surface area (Å²) in [6.45, 7) is 0. The summed E-state index contributed by atoms with van der Waals surface area (Å²) in [4.78, 5) is 37.1. The molecule has 0 radical (unpaired) electrons. The van der Waals surface area contributed by atoms with E-state index in [0.717, 1.165) is 19.3 Å². The monoisotopic (exact) mass is 650 g/mol. The van der Waals surface area contributed by atoms with Crippen molar-refractivity contribution in [2.75, 3.05) is 0 Å². The van der Waals surface area contributed by atoms with Crippen molar-refractivity contribution in [1.29, 1.82) is 0 Å². The lowest BCUT2D eigenvalue weighted by Crippen LogP contribution is -2.54. The number of sulfone groups is 2. The summed E-state index contributed by atoms with van der Waals surface area (Å²) < 4.78 is 124. The van der Waals surface area contributed by atoms with Crippen LogP contribution in [0.5, 0.6) is 0 Å². The van der Waals surface area contributed by atoms with Crippen LogP contribution in [0.1, 0.15) is 109 Å². The highest BCUT2D eigenvalue weighted by molar-refractivity contribution is 8.10. The van der Waals surface area contributed by atoms with Crippen molar-refractivity contribution in [3.05, 3.63) is 0 Å². The molecule has 0 aliphatic heterocycles. The summed E-state index contributed by atoms with van der Waals surface area (Å²) in [5.74, 6) is -6.43. The van der Waals surface area contributed by atoms with Crippen molar-refractivity contribution < 1.29 is 63.0 Å². The first-order valence-electron chi connectivity index (χ1n) is 14.4. The molecule has 0 unspecified atom stereocenters. The number of carbonyl (C=O) groups is 3. The fourth-order valence-electron chi connectivity index (χ4n) is 5.51. The van der Waals surface area contributed by atoms with E-state index in [4.69, 9.17) is 4.74 Å². The first-order valence-corrected chi connectivity index (χ1v) is 17.5. The molecule has 0 amide bonds. The smallest absolute Gasteiger partial charge is 0.441 e. The Morgan fingerprint density at radius 3 is 1.21 bits per heavy atom. The van der Waals surface area contributed by atoms with Gasteiger partial charge in [-0.05, 0) is 83.5 Å². The first kappa shape index (κ1) is 34.5. The van der Waals surface area contributed by atoms with Gasteiger partial charge >= 0.3 is 28.4 Å². The number of ether oxygens (including phenoxy) is 3. The maximum absolute atomic E-state index is 15.2. The fourth-order valence-corrected chi connectivity index (χ4v) is 9.65. The molecule has 16 heteroatoms. The lowest BCUT2D eigenvalue weighted by molar-refractivity contribution is -0.168. The highest BCUT2D eigenvalue weighted by Gasteiger charge is 2.68. The number of hydrogen-bond acceptors (Lipinski definition) is 10. The Morgan fingerprint density at radius 2 is 0.881 bits per heavy atom. The van der Waals surface area contributed by atoms with E-state index >= 15 is 17.6 Å². The van der Waals surface area contributed by atoms with Crippen LogP contribution in [0.25, 0.3) is 0 Å². The van der Waals surface area contributed by atoms with Gasteiger partial charge in [0, 0.05) is 6.42 Å². The first-order chi connectivity index (χ1) is 19.6. The molecule has 0 saturated heterocycles. The molecular formula is C26H38F4O10S2. The van der Waals surface area contributed by atoms with E-state index in [1.165, 1.54) is 0 Å². The van der Waals surface area contributed by atoms with E-state index in [9.17, 15) is 31.2 Å². The van der Waals surface area contributed by atoms with Crippen LogP contribution >= 0.6 is 0 Å². The van der Waals surface area contributed by atoms with Gasteiger partial charge in [-0.2, -0.15) is 17.6 Å². The van der Waals surface area contributed by atoms with Crippen molar-refractivity contribution in [2.45, 2.75) is 143 Å². The van der Waals surface area contributed by atoms with Crippen LogP contribution in [-0.2, 0) is 48.3 Å². The zero-order valence-electron chi connectivity index (χ0n) is 23.2. The molecule has 0 aromatic rings. The molecule has 3 saturated carbocycles. The van der Waals surface area contributed by atoms with E-state index in [-0.39, 0.29) is 25.7 Å². The van der Waals surface area contributed by atoms with Crippen molar-refractivity contribution in [1.82, 2.24) is 0 Å². The molecule has 0 aromatic carbocycles. The van der Waals surface area contributed by atoms with Gasteiger partial charge in [0.15, 0.2) is 4.58 Å². The average molecular weight is 651 g/mol. The predicted octanol–water partition coefficient (Wildman–Crippen LogP) is 4.74. The Balaban J connectivity index is 1.88. The predicted molar refractivity (Wildman–Crippen MR) is 140 cm³/mol. The zero-order valence-corrected chi connectivity index (χ0v) is 24.9. The molecule has 3 fully saturated rings. The van der Waals surface area contributed by atoms with E-state index in [1.807, 2.05) is 0 Å². The van der Waals surface area contributed by atoms with Crippen LogP contribution < -0.4 is 0 Å². The lowest BCUT2D eigenvalue weighted by atomic mass is 9.98. The second-order valence-electron chi connectivity index (χ2n) is 11.2. The SMILES string of the molecule is O=C(CCC(S(=O)(=O)C(F)(F)C(=O)OC1CCCCC1)S(=O)(=O)C(F)(F)C(=O)OC1CCCCC1)OC1CCCCC1. The van der Waals surface area contributed by atoms with Gasteiger partial charge in [0.05, 0.1) is 0 Å². The zero-order chi connectivity index (χ0) is 31.2. The van der Waals surface area contributed by atoms with E-state index in [0.29, 0.717) is 51.4 Å². The van der Waals surface area contributed by atoms with Crippen LogP contribution in [0.15, 0.2) is 0 Å². The van der Waals surface area contributed by atoms with Crippen LogP contribution in [0.2, 0.25) is 0 Å². The lowest BCUT2D eigenvalue weighted by Gasteiger charge is -2.29. The third kappa shape index (κ3) is 7.94. The molecule has 242 valence electrons. The second kappa shape index (κ2) is 14.2. The molecule has 0 heterocycles. The number of halogens is 4. The van der Waals surface area contributed by atoms with E-state index in [2.05, 4.69) is 9.47 Å². The summed E-state index contributed by atoms with van der Waals surface area (Å²) in [5, 5.41) is -11.2. The molecule has 0 atom stereocenters. The summed E-state index contributed by atoms with van der Waals surface area (Å²) in [6, 6.07) is 0. The Hall–Kier alpha value is -1.97. The number of rotatable bonds is 12. The van der Waals surface area contributed by atoms with Crippen LogP contribution in [0.4, 0.5) is 17.6 Å². The normalized spacial score (nSPS) is 20.7.